The number of benzene rings is 2. The molecule has 3 aromatic rings. The molecule has 1 N–H and O–H groups in total. The number of aryl methyl sites for hydroxylation is 1. The smallest absolute Gasteiger partial charge is 0.335 e. The number of carbonyl (C=O) groups is 1. The van der Waals surface area contributed by atoms with Crippen molar-refractivity contribution in [3.63, 3.8) is 0 Å². The molecular weight excluding hydrogens is 499 g/mol. The largest absolute Gasteiger partial charge is 0.478 e. The summed E-state index contributed by atoms with van der Waals surface area (Å²) in [5.74, 6) is 0.833. The van der Waals surface area contributed by atoms with Crippen LogP contribution in [0, 0.1) is 5.92 Å². The van der Waals surface area contributed by atoms with E-state index in [0.29, 0.717) is 51.4 Å². The molecule has 2 aliphatic carbocycles. The van der Waals surface area contributed by atoms with Crippen molar-refractivity contribution < 1.29 is 19.2 Å². The molecular formula is C28H28Cl2N2O4. The Kier molecular flexibility index (Phi) is 6.22. The van der Waals surface area contributed by atoms with E-state index in [2.05, 4.69) is 17.0 Å². The summed E-state index contributed by atoms with van der Waals surface area (Å²) >= 11 is 13.0. The molecule has 8 heteroatoms. The molecule has 2 bridgehead atoms. The van der Waals surface area contributed by atoms with Gasteiger partial charge < -0.3 is 19.3 Å². The Hall–Kier alpha value is -2.54. The molecule has 0 spiro atoms. The van der Waals surface area contributed by atoms with E-state index in [1.54, 1.807) is 6.07 Å². The fraction of sp³-hybridized carbons (Fsp3) is 0.429. The summed E-state index contributed by atoms with van der Waals surface area (Å²) in [7, 11) is 0. The van der Waals surface area contributed by atoms with Crippen molar-refractivity contribution >= 4 is 34.9 Å². The zero-order valence-corrected chi connectivity index (χ0v) is 21.6. The highest BCUT2D eigenvalue weighted by molar-refractivity contribution is 6.39. The first kappa shape index (κ1) is 23.8. The predicted molar refractivity (Wildman–Crippen MR) is 139 cm³/mol. The fourth-order valence-electron chi connectivity index (χ4n) is 5.93. The molecule has 3 aliphatic rings. The maximum absolute atomic E-state index is 11.4. The van der Waals surface area contributed by atoms with Crippen LogP contribution in [0.1, 0.15) is 65.8 Å². The number of ether oxygens (including phenoxy) is 1. The second-order valence-corrected chi connectivity index (χ2v) is 10.9. The van der Waals surface area contributed by atoms with Gasteiger partial charge in [-0.3, -0.25) is 0 Å². The van der Waals surface area contributed by atoms with Crippen LogP contribution in [0.25, 0.3) is 11.3 Å². The average molecular weight is 527 g/mol. The monoisotopic (exact) mass is 526 g/mol. The van der Waals surface area contributed by atoms with Crippen molar-refractivity contribution in [3.05, 3.63) is 68.9 Å². The molecule has 2 aromatic carbocycles. The lowest BCUT2D eigenvalue weighted by Gasteiger charge is -2.34. The third-order valence-electron chi connectivity index (χ3n) is 7.90. The minimum absolute atomic E-state index is 0.158. The molecule has 1 saturated heterocycles. The van der Waals surface area contributed by atoms with Crippen LogP contribution in [0.2, 0.25) is 10.0 Å². The van der Waals surface area contributed by atoms with Gasteiger partial charge in [-0.05, 0) is 68.0 Å². The average Bonchev–Trinajstić information content (AvgIpc) is 3.32. The van der Waals surface area contributed by atoms with Gasteiger partial charge in [-0.25, -0.2) is 4.79 Å². The molecule has 3 fully saturated rings. The van der Waals surface area contributed by atoms with Gasteiger partial charge in [0, 0.05) is 41.2 Å². The fourth-order valence-corrected chi connectivity index (χ4v) is 6.50. The van der Waals surface area contributed by atoms with Gasteiger partial charge in [0.15, 0.2) is 0 Å². The number of rotatable bonds is 8. The number of piperidine rings is 1. The maximum atomic E-state index is 11.4. The summed E-state index contributed by atoms with van der Waals surface area (Å²) in [5, 5.41) is 14.8. The number of carboxylic acids is 1. The summed E-state index contributed by atoms with van der Waals surface area (Å²) in [5.41, 5.74) is 4.92. The van der Waals surface area contributed by atoms with Gasteiger partial charge in [-0.2, -0.15) is 0 Å². The normalized spacial score (nSPS) is 23.0. The number of hydrogen-bond acceptors (Lipinski definition) is 5. The molecule has 1 aromatic heterocycles. The highest BCUT2D eigenvalue weighted by atomic mass is 35.5. The van der Waals surface area contributed by atoms with E-state index < -0.39 is 5.97 Å². The summed E-state index contributed by atoms with van der Waals surface area (Å²) in [4.78, 5) is 13.9. The number of fused-ring (bicyclic) bond motifs is 2. The molecule has 6 rings (SSSR count). The van der Waals surface area contributed by atoms with Crippen molar-refractivity contribution in [1.29, 1.82) is 0 Å². The van der Waals surface area contributed by atoms with Gasteiger partial charge in [-0.1, -0.05) is 41.3 Å². The van der Waals surface area contributed by atoms with Gasteiger partial charge in [0.05, 0.1) is 28.3 Å². The summed E-state index contributed by atoms with van der Waals surface area (Å²) < 4.78 is 12.3. The lowest BCUT2D eigenvalue weighted by Crippen LogP contribution is -2.39. The third-order valence-corrected chi connectivity index (χ3v) is 8.53. The first-order chi connectivity index (χ1) is 17.4. The van der Waals surface area contributed by atoms with Gasteiger partial charge in [0.1, 0.15) is 11.5 Å². The van der Waals surface area contributed by atoms with E-state index in [0.717, 1.165) is 61.2 Å². The summed E-state index contributed by atoms with van der Waals surface area (Å²) in [6.45, 7) is 3.41. The minimum atomic E-state index is -0.885. The van der Waals surface area contributed by atoms with Crippen LogP contribution in [-0.2, 0) is 17.8 Å². The first-order valence-electron chi connectivity index (χ1n) is 12.6. The molecule has 188 valence electrons. The SMILES string of the molecule is CCc1cc(C(=O)O)ccc1N1C[C@@H]2C[C@H]1C[C@H]2OCc1c(-c2c(Cl)cccc2Cl)noc1C1CC1. The Bertz CT molecular complexity index is 1300. The number of carboxylic acid groups (broad SMARTS) is 1. The van der Waals surface area contributed by atoms with Gasteiger partial charge in [0.2, 0.25) is 0 Å². The van der Waals surface area contributed by atoms with Crippen LogP contribution in [0.15, 0.2) is 40.9 Å². The van der Waals surface area contributed by atoms with Crippen LogP contribution in [0.3, 0.4) is 0 Å². The Labute approximate surface area is 220 Å². The second kappa shape index (κ2) is 9.40. The molecule has 0 unspecified atom stereocenters. The van der Waals surface area contributed by atoms with E-state index in [4.69, 9.17) is 32.5 Å². The van der Waals surface area contributed by atoms with Gasteiger partial charge in [-0.15, -0.1) is 0 Å². The van der Waals surface area contributed by atoms with Crippen molar-refractivity contribution in [3.8, 4) is 11.3 Å². The highest BCUT2D eigenvalue weighted by Crippen LogP contribution is 2.47. The highest BCUT2D eigenvalue weighted by Gasteiger charge is 2.46. The number of nitrogens with zero attached hydrogens (tertiary/aromatic N) is 2. The third kappa shape index (κ3) is 4.19. The zero-order valence-electron chi connectivity index (χ0n) is 20.0. The van der Waals surface area contributed by atoms with Gasteiger partial charge in [0.25, 0.3) is 0 Å². The van der Waals surface area contributed by atoms with Crippen molar-refractivity contribution in [2.24, 2.45) is 5.92 Å². The van der Waals surface area contributed by atoms with E-state index >= 15 is 0 Å². The number of aromatic nitrogens is 1. The number of hydrogen-bond donors (Lipinski definition) is 1. The predicted octanol–water partition coefficient (Wildman–Crippen LogP) is 6.97. The number of halogens is 2. The van der Waals surface area contributed by atoms with E-state index in [1.165, 1.54) is 0 Å². The minimum Gasteiger partial charge on any atom is -0.478 e. The van der Waals surface area contributed by atoms with Crippen LogP contribution in [-0.4, -0.2) is 34.9 Å². The van der Waals surface area contributed by atoms with E-state index in [-0.39, 0.29) is 6.10 Å². The molecule has 6 nitrogen and oxygen atoms in total. The Morgan fingerprint density at radius 2 is 1.97 bits per heavy atom. The molecule has 0 amide bonds. The Morgan fingerprint density at radius 1 is 1.19 bits per heavy atom. The van der Waals surface area contributed by atoms with E-state index in [1.807, 2.05) is 30.3 Å². The zero-order chi connectivity index (χ0) is 25.0. The second-order valence-electron chi connectivity index (χ2n) is 10.1. The first-order valence-corrected chi connectivity index (χ1v) is 13.4. The number of anilines is 1. The van der Waals surface area contributed by atoms with Crippen molar-refractivity contribution in [2.45, 2.75) is 63.7 Å². The van der Waals surface area contributed by atoms with Crippen LogP contribution >= 0.6 is 23.2 Å². The van der Waals surface area contributed by atoms with Crippen LogP contribution < -0.4 is 4.90 Å². The van der Waals surface area contributed by atoms with Crippen molar-refractivity contribution in [2.75, 3.05) is 11.4 Å². The lowest BCUT2D eigenvalue weighted by atomic mass is 10.0. The maximum Gasteiger partial charge on any atom is 0.335 e. The molecule has 2 saturated carbocycles. The topological polar surface area (TPSA) is 75.8 Å². The quantitative estimate of drug-likeness (QED) is 0.341. The van der Waals surface area contributed by atoms with Gasteiger partial charge >= 0.3 is 5.97 Å². The van der Waals surface area contributed by atoms with Crippen LogP contribution in [0.4, 0.5) is 5.69 Å². The Balaban J connectivity index is 1.19. The molecule has 1 aliphatic heterocycles. The van der Waals surface area contributed by atoms with Crippen molar-refractivity contribution in [1.82, 2.24) is 5.16 Å². The van der Waals surface area contributed by atoms with E-state index in [9.17, 15) is 9.90 Å². The molecule has 0 radical (unpaired) electrons. The summed E-state index contributed by atoms with van der Waals surface area (Å²) in [6.07, 6.45) is 5.18. The molecule has 3 atom stereocenters. The standard InChI is InChI=1S/C28H28Cl2N2O4/c1-2-15-10-17(28(33)34)8-9-23(15)32-13-18-11-19(32)12-24(18)35-14-20-26(31-36-27(20)16-6-7-16)25-21(29)4-3-5-22(25)30/h3-5,8-10,16,18-19,24H,2,6-7,11-14H2,1H3,(H,33,34)/t18-,19-,24+/m0/s1. The number of aromatic carboxylic acids is 1. The Morgan fingerprint density at radius 3 is 2.61 bits per heavy atom. The molecule has 36 heavy (non-hydrogen) atoms. The summed E-state index contributed by atoms with van der Waals surface area (Å²) in [6, 6.07) is 11.3. The molecule has 2 heterocycles. The lowest BCUT2D eigenvalue weighted by molar-refractivity contribution is 0.0122. The van der Waals surface area contributed by atoms with Crippen LogP contribution in [0.5, 0.6) is 0 Å².